The lowest BCUT2D eigenvalue weighted by Gasteiger charge is -2.11. The second kappa shape index (κ2) is 1.81. The van der Waals surface area contributed by atoms with Gasteiger partial charge in [-0.25, -0.2) is 9.59 Å². The predicted molar refractivity (Wildman–Crippen MR) is 27.3 cm³/mol. The molecule has 1 aliphatic heterocycles. The van der Waals surface area contributed by atoms with Crippen molar-refractivity contribution in [1.82, 2.24) is 0 Å². The molecule has 5 nitrogen and oxygen atoms in total. The Morgan fingerprint density at radius 2 is 1.80 bits per heavy atom. The van der Waals surface area contributed by atoms with Crippen LogP contribution in [-0.2, 0) is 19.1 Å². The molecule has 54 valence electrons. The summed E-state index contributed by atoms with van der Waals surface area (Å²) in [6.45, 7) is 3.08. The molecule has 0 radical (unpaired) electrons. The van der Waals surface area contributed by atoms with E-state index in [4.69, 9.17) is 5.11 Å². The van der Waals surface area contributed by atoms with Crippen molar-refractivity contribution in [3.05, 3.63) is 12.7 Å². The largest absolute Gasteiger partial charge is 0.422 e. The summed E-state index contributed by atoms with van der Waals surface area (Å²) in [6.07, 6.45) is 0.801. The van der Waals surface area contributed by atoms with Gasteiger partial charge in [0.15, 0.2) is 0 Å². The third kappa shape index (κ3) is 0.863. The number of carbonyl (C=O) groups excluding carboxylic acids is 2. The summed E-state index contributed by atoms with van der Waals surface area (Å²) in [5.41, 5.74) is 0. The van der Waals surface area contributed by atoms with Gasteiger partial charge in [-0.3, -0.25) is 0 Å². The Labute approximate surface area is 55.8 Å². The fourth-order valence-electron chi connectivity index (χ4n) is 0.453. The molecule has 0 amide bonds. The second-order valence-electron chi connectivity index (χ2n) is 1.61. The molecule has 0 aromatic rings. The van der Waals surface area contributed by atoms with E-state index in [1.807, 2.05) is 0 Å². The first-order valence-corrected chi connectivity index (χ1v) is 2.40. The SMILES string of the molecule is C=CC1(O)OC(=O)C(=O)O1. The Hall–Kier alpha value is -1.36. The fraction of sp³-hybridized carbons (Fsp3) is 0.200. The summed E-state index contributed by atoms with van der Waals surface area (Å²) in [5, 5.41) is 8.84. The van der Waals surface area contributed by atoms with E-state index in [1.54, 1.807) is 0 Å². The van der Waals surface area contributed by atoms with E-state index >= 15 is 0 Å². The highest BCUT2D eigenvalue weighted by atomic mass is 16.9. The average molecular weight is 144 g/mol. The number of cyclic esters (lactones) is 2. The molecule has 1 rings (SSSR count). The Morgan fingerprint density at radius 3 is 2.00 bits per heavy atom. The molecule has 1 fully saturated rings. The van der Waals surface area contributed by atoms with Crippen molar-refractivity contribution < 1.29 is 24.2 Å². The van der Waals surface area contributed by atoms with Gasteiger partial charge in [0.1, 0.15) is 0 Å². The maximum atomic E-state index is 10.2. The van der Waals surface area contributed by atoms with Crippen LogP contribution < -0.4 is 0 Å². The summed E-state index contributed by atoms with van der Waals surface area (Å²) >= 11 is 0. The minimum atomic E-state index is -2.26. The quantitative estimate of drug-likeness (QED) is 0.288. The molecule has 1 aliphatic rings. The van der Waals surface area contributed by atoms with Crippen molar-refractivity contribution in [2.75, 3.05) is 0 Å². The zero-order chi connectivity index (χ0) is 7.78. The fourth-order valence-corrected chi connectivity index (χ4v) is 0.453. The molecule has 0 saturated carbocycles. The third-order valence-electron chi connectivity index (χ3n) is 0.902. The Bertz CT molecular complexity index is 190. The third-order valence-corrected chi connectivity index (χ3v) is 0.902. The lowest BCUT2D eigenvalue weighted by molar-refractivity contribution is -0.258. The number of hydrogen-bond acceptors (Lipinski definition) is 5. The highest BCUT2D eigenvalue weighted by molar-refractivity contribution is 6.31. The van der Waals surface area contributed by atoms with E-state index < -0.39 is 17.9 Å². The van der Waals surface area contributed by atoms with Gasteiger partial charge in [-0.2, -0.15) is 0 Å². The van der Waals surface area contributed by atoms with Gasteiger partial charge in [0, 0.05) is 6.08 Å². The van der Waals surface area contributed by atoms with Gasteiger partial charge < -0.3 is 14.6 Å². The van der Waals surface area contributed by atoms with E-state index in [0.29, 0.717) is 0 Å². The van der Waals surface area contributed by atoms with Crippen LogP contribution in [0.4, 0.5) is 0 Å². The predicted octanol–water partition coefficient (Wildman–Crippen LogP) is -1.08. The first-order chi connectivity index (χ1) is 4.57. The first-order valence-electron chi connectivity index (χ1n) is 2.40. The van der Waals surface area contributed by atoms with Crippen LogP contribution in [0.15, 0.2) is 12.7 Å². The van der Waals surface area contributed by atoms with Crippen molar-refractivity contribution in [3.8, 4) is 0 Å². The van der Waals surface area contributed by atoms with Gasteiger partial charge in [-0.1, -0.05) is 6.58 Å². The van der Waals surface area contributed by atoms with Crippen LogP contribution in [0, 0.1) is 0 Å². The second-order valence-corrected chi connectivity index (χ2v) is 1.61. The van der Waals surface area contributed by atoms with Gasteiger partial charge in [0.05, 0.1) is 0 Å². The summed E-state index contributed by atoms with van der Waals surface area (Å²) < 4.78 is 8.07. The van der Waals surface area contributed by atoms with Gasteiger partial charge >= 0.3 is 17.9 Å². The lowest BCUT2D eigenvalue weighted by Crippen LogP contribution is -2.26. The summed E-state index contributed by atoms with van der Waals surface area (Å²) in [4.78, 5) is 20.5. The molecule has 0 aromatic carbocycles. The zero-order valence-electron chi connectivity index (χ0n) is 4.86. The van der Waals surface area contributed by atoms with Crippen molar-refractivity contribution in [1.29, 1.82) is 0 Å². The Balaban J connectivity index is 2.83. The van der Waals surface area contributed by atoms with E-state index in [1.165, 1.54) is 0 Å². The normalized spacial score (nSPS) is 21.7. The molecular formula is C5H4O5. The molecule has 0 bridgehead atoms. The van der Waals surface area contributed by atoms with Gasteiger partial charge in [-0.15, -0.1) is 0 Å². The van der Waals surface area contributed by atoms with Crippen molar-refractivity contribution in [3.63, 3.8) is 0 Å². The molecule has 10 heavy (non-hydrogen) atoms. The van der Waals surface area contributed by atoms with E-state index in [-0.39, 0.29) is 0 Å². The average Bonchev–Trinajstić information content (AvgIpc) is 2.10. The minimum Gasteiger partial charge on any atom is -0.386 e. The molecule has 0 spiro atoms. The van der Waals surface area contributed by atoms with Crippen molar-refractivity contribution >= 4 is 11.9 Å². The summed E-state index contributed by atoms with van der Waals surface area (Å²) in [6, 6.07) is 0. The number of aliphatic hydroxyl groups is 1. The lowest BCUT2D eigenvalue weighted by atomic mass is 10.5. The molecular weight excluding hydrogens is 140 g/mol. The highest BCUT2D eigenvalue weighted by Gasteiger charge is 2.44. The van der Waals surface area contributed by atoms with Crippen LogP contribution in [0.25, 0.3) is 0 Å². The maximum Gasteiger partial charge on any atom is 0.422 e. The Kier molecular flexibility index (Phi) is 1.22. The number of ether oxygens (including phenoxy) is 2. The Morgan fingerprint density at radius 1 is 1.40 bits per heavy atom. The smallest absolute Gasteiger partial charge is 0.386 e. The van der Waals surface area contributed by atoms with E-state index in [9.17, 15) is 9.59 Å². The maximum absolute atomic E-state index is 10.2. The molecule has 1 saturated heterocycles. The van der Waals surface area contributed by atoms with Crippen molar-refractivity contribution in [2.45, 2.75) is 5.97 Å². The molecule has 0 aromatic heterocycles. The molecule has 5 heteroatoms. The van der Waals surface area contributed by atoms with Crippen LogP contribution in [-0.4, -0.2) is 23.0 Å². The van der Waals surface area contributed by atoms with Gasteiger partial charge in [-0.05, 0) is 0 Å². The van der Waals surface area contributed by atoms with Gasteiger partial charge in [0.2, 0.25) is 0 Å². The van der Waals surface area contributed by atoms with Crippen LogP contribution in [0.5, 0.6) is 0 Å². The first kappa shape index (κ1) is 6.76. The number of carbonyl (C=O) groups is 2. The minimum absolute atomic E-state index is 0.801. The van der Waals surface area contributed by atoms with Crippen LogP contribution >= 0.6 is 0 Å². The molecule has 1 N–H and O–H groups in total. The summed E-state index contributed by atoms with van der Waals surface area (Å²) in [5.74, 6) is -4.70. The number of rotatable bonds is 1. The highest BCUT2D eigenvalue weighted by Crippen LogP contribution is 2.17. The zero-order valence-corrected chi connectivity index (χ0v) is 4.86. The van der Waals surface area contributed by atoms with Crippen LogP contribution in [0.1, 0.15) is 0 Å². The van der Waals surface area contributed by atoms with Crippen molar-refractivity contribution in [2.24, 2.45) is 0 Å². The van der Waals surface area contributed by atoms with Gasteiger partial charge in [0.25, 0.3) is 0 Å². The summed E-state index contributed by atoms with van der Waals surface area (Å²) in [7, 11) is 0. The standard InChI is InChI=1S/C5H4O5/c1-2-5(8)9-3(6)4(7)10-5/h2,8H,1H2. The number of hydrogen-bond donors (Lipinski definition) is 1. The topological polar surface area (TPSA) is 72.8 Å². The molecule has 0 aliphatic carbocycles. The molecule has 1 heterocycles. The number of esters is 2. The van der Waals surface area contributed by atoms with Crippen LogP contribution in [0.2, 0.25) is 0 Å². The van der Waals surface area contributed by atoms with Crippen LogP contribution in [0.3, 0.4) is 0 Å². The molecule has 0 atom stereocenters. The molecule has 0 unspecified atom stereocenters. The van der Waals surface area contributed by atoms with E-state index in [2.05, 4.69) is 16.1 Å². The van der Waals surface area contributed by atoms with E-state index in [0.717, 1.165) is 6.08 Å². The monoisotopic (exact) mass is 144 g/mol.